The number of alkyl carbamates (subject to hydrolysis) is 1. The van der Waals surface area contributed by atoms with E-state index < -0.39 is 11.7 Å². The molecule has 1 aromatic rings. The van der Waals surface area contributed by atoms with Gasteiger partial charge in [-0.15, -0.1) is 24.0 Å². The minimum atomic E-state index is -0.503. The summed E-state index contributed by atoms with van der Waals surface area (Å²) in [6.45, 7) is 10.1. The molecule has 1 aromatic heterocycles. The maximum atomic E-state index is 11.7. The van der Waals surface area contributed by atoms with E-state index >= 15 is 0 Å². The third-order valence-electron chi connectivity index (χ3n) is 3.07. The Hall–Kier alpha value is -1.98. The molecule has 2 amide bonds. The zero-order chi connectivity index (χ0) is 20.1. The monoisotopic (exact) mass is 509 g/mol. The van der Waals surface area contributed by atoms with Gasteiger partial charge < -0.3 is 30.4 Å². The minimum Gasteiger partial charge on any atom is -0.459 e. The molecule has 0 aliphatic heterocycles. The Morgan fingerprint density at radius 3 is 2.43 bits per heavy atom. The van der Waals surface area contributed by atoms with Crippen molar-refractivity contribution in [3.8, 4) is 0 Å². The quantitative estimate of drug-likeness (QED) is 0.175. The molecule has 0 bridgehead atoms. The van der Waals surface area contributed by atoms with Gasteiger partial charge in [0.1, 0.15) is 5.60 Å². The van der Waals surface area contributed by atoms with E-state index in [4.69, 9.17) is 9.15 Å². The number of carbonyl (C=O) groups excluding carboxylic acids is 2. The smallest absolute Gasteiger partial charge is 0.407 e. The average molecular weight is 509 g/mol. The zero-order valence-electron chi connectivity index (χ0n) is 17.0. The van der Waals surface area contributed by atoms with Crippen molar-refractivity contribution in [2.24, 2.45) is 4.99 Å². The van der Waals surface area contributed by atoms with Crippen LogP contribution >= 0.6 is 24.0 Å². The summed E-state index contributed by atoms with van der Waals surface area (Å²) >= 11 is 0. The molecule has 0 fully saturated rings. The van der Waals surface area contributed by atoms with Crippen molar-refractivity contribution in [1.29, 1.82) is 0 Å². The lowest BCUT2D eigenvalue weighted by atomic mass is 10.2. The van der Waals surface area contributed by atoms with Crippen molar-refractivity contribution < 1.29 is 18.7 Å². The van der Waals surface area contributed by atoms with Gasteiger partial charge in [0.05, 0.1) is 6.26 Å². The van der Waals surface area contributed by atoms with Gasteiger partial charge >= 0.3 is 6.09 Å². The van der Waals surface area contributed by atoms with E-state index in [9.17, 15) is 9.59 Å². The molecule has 0 atom stereocenters. The number of halogens is 1. The number of ether oxygens (including phenoxy) is 1. The maximum Gasteiger partial charge on any atom is 0.407 e. The lowest BCUT2D eigenvalue weighted by Gasteiger charge is -2.19. The van der Waals surface area contributed by atoms with Crippen molar-refractivity contribution in [1.82, 2.24) is 21.3 Å². The third kappa shape index (κ3) is 12.4. The van der Waals surface area contributed by atoms with E-state index in [0.29, 0.717) is 38.6 Å². The SMILES string of the molecule is CCNC(=NCCCNC(=O)OC(C)(C)C)NCCNC(=O)c1ccco1.I. The predicted octanol–water partition coefficient (Wildman–Crippen LogP) is 2.10. The summed E-state index contributed by atoms with van der Waals surface area (Å²) in [7, 11) is 0. The van der Waals surface area contributed by atoms with Crippen LogP contribution in [0.5, 0.6) is 0 Å². The van der Waals surface area contributed by atoms with Gasteiger partial charge in [-0.25, -0.2) is 4.79 Å². The molecule has 0 radical (unpaired) electrons. The summed E-state index contributed by atoms with van der Waals surface area (Å²) in [5.74, 6) is 0.687. The van der Waals surface area contributed by atoms with E-state index in [1.54, 1.807) is 12.1 Å². The number of furan rings is 1. The molecule has 0 saturated heterocycles. The van der Waals surface area contributed by atoms with Gasteiger partial charge in [0.15, 0.2) is 11.7 Å². The fourth-order valence-corrected chi connectivity index (χ4v) is 1.97. The van der Waals surface area contributed by atoms with E-state index in [-0.39, 0.29) is 35.6 Å². The molecule has 28 heavy (non-hydrogen) atoms. The lowest BCUT2D eigenvalue weighted by molar-refractivity contribution is 0.0527. The summed E-state index contributed by atoms with van der Waals surface area (Å²) in [5, 5.41) is 11.7. The highest BCUT2D eigenvalue weighted by atomic mass is 127. The second-order valence-electron chi connectivity index (χ2n) is 6.70. The van der Waals surface area contributed by atoms with Crippen LogP contribution in [0, 0.1) is 0 Å². The molecule has 1 heterocycles. The van der Waals surface area contributed by atoms with Crippen LogP contribution in [0.1, 0.15) is 44.7 Å². The fraction of sp³-hybridized carbons (Fsp3) is 0.611. The lowest BCUT2D eigenvalue weighted by Crippen LogP contribution is -2.41. The van der Waals surface area contributed by atoms with Gasteiger partial charge in [0.2, 0.25) is 0 Å². The van der Waals surface area contributed by atoms with Gasteiger partial charge in [-0.3, -0.25) is 9.79 Å². The van der Waals surface area contributed by atoms with Crippen LogP contribution in [-0.4, -0.2) is 56.3 Å². The zero-order valence-corrected chi connectivity index (χ0v) is 19.3. The number of hydrogen-bond donors (Lipinski definition) is 4. The molecule has 160 valence electrons. The Bertz CT molecular complexity index is 600. The van der Waals surface area contributed by atoms with Crippen LogP contribution in [-0.2, 0) is 4.74 Å². The second-order valence-corrected chi connectivity index (χ2v) is 6.70. The summed E-state index contributed by atoms with van der Waals surface area (Å²) < 4.78 is 10.2. The second kappa shape index (κ2) is 14.1. The normalized spacial score (nSPS) is 11.2. The summed E-state index contributed by atoms with van der Waals surface area (Å²) in [5.41, 5.74) is -0.503. The molecule has 0 spiro atoms. The van der Waals surface area contributed by atoms with Crippen LogP contribution < -0.4 is 21.3 Å². The van der Waals surface area contributed by atoms with Crippen LogP contribution in [0.25, 0.3) is 0 Å². The molecule has 0 aliphatic rings. The van der Waals surface area contributed by atoms with E-state index in [2.05, 4.69) is 26.3 Å². The number of amides is 2. The fourth-order valence-electron chi connectivity index (χ4n) is 1.97. The number of hydrogen-bond acceptors (Lipinski definition) is 5. The molecule has 9 nitrogen and oxygen atoms in total. The highest BCUT2D eigenvalue weighted by molar-refractivity contribution is 14.0. The topological polar surface area (TPSA) is 117 Å². The summed E-state index contributed by atoms with van der Waals surface area (Å²) in [6.07, 6.45) is 1.72. The van der Waals surface area contributed by atoms with Gasteiger partial charge in [-0.2, -0.15) is 0 Å². The number of rotatable bonds is 9. The summed E-state index contributed by atoms with van der Waals surface area (Å²) in [4.78, 5) is 27.7. The molecular formula is C18H32IN5O4. The van der Waals surface area contributed by atoms with Crippen LogP contribution in [0.4, 0.5) is 4.79 Å². The number of guanidine groups is 1. The largest absolute Gasteiger partial charge is 0.459 e. The molecule has 0 aromatic carbocycles. The molecule has 4 N–H and O–H groups in total. The highest BCUT2D eigenvalue weighted by Gasteiger charge is 2.15. The number of nitrogens with zero attached hydrogens (tertiary/aromatic N) is 1. The van der Waals surface area contributed by atoms with Gasteiger partial charge in [0.25, 0.3) is 5.91 Å². The molecule has 0 aliphatic carbocycles. The molecule has 0 saturated carbocycles. The highest BCUT2D eigenvalue weighted by Crippen LogP contribution is 2.06. The number of aliphatic imine (C=N–C) groups is 1. The van der Waals surface area contributed by atoms with Crippen LogP contribution in [0.3, 0.4) is 0 Å². The van der Waals surface area contributed by atoms with Gasteiger partial charge in [0, 0.05) is 32.7 Å². The molecular weight excluding hydrogens is 477 g/mol. The minimum absolute atomic E-state index is 0. The first kappa shape index (κ1) is 26.0. The Kier molecular flexibility index (Phi) is 13.1. The van der Waals surface area contributed by atoms with Gasteiger partial charge in [-0.1, -0.05) is 0 Å². The van der Waals surface area contributed by atoms with Crippen molar-refractivity contribution in [2.45, 2.75) is 39.7 Å². The number of carbonyl (C=O) groups is 2. The number of nitrogens with one attached hydrogen (secondary N) is 4. The Labute approximate surface area is 183 Å². The van der Waals surface area contributed by atoms with Crippen LogP contribution in [0.2, 0.25) is 0 Å². The molecule has 10 heteroatoms. The van der Waals surface area contributed by atoms with E-state index in [0.717, 1.165) is 6.54 Å². The summed E-state index contributed by atoms with van der Waals surface area (Å²) in [6, 6.07) is 3.28. The van der Waals surface area contributed by atoms with Crippen molar-refractivity contribution in [3.63, 3.8) is 0 Å². The Balaban J connectivity index is 0.00000729. The van der Waals surface area contributed by atoms with Crippen LogP contribution in [0.15, 0.2) is 27.8 Å². The first-order valence-corrected chi connectivity index (χ1v) is 9.12. The Morgan fingerprint density at radius 2 is 1.82 bits per heavy atom. The van der Waals surface area contributed by atoms with E-state index in [1.165, 1.54) is 6.26 Å². The predicted molar refractivity (Wildman–Crippen MR) is 119 cm³/mol. The Morgan fingerprint density at radius 1 is 1.11 bits per heavy atom. The average Bonchev–Trinajstić information content (AvgIpc) is 3.11. The van der Waals surface area contributed by atoms with Crippen molar-refractivity contribution >= 4 is 41.9 Å². The van der Waals surface area contributed by atoms with Crippen molar-refractivity contribution in [3.05, 3.63) is 24.2 Å². The van der Waals surface area contributed by atoms with Gasteiger partial charge in [-0.05, 0) is 46.2 Å². The first-order valence-electron chi connectivity index (χ1n) is 9.12. The van der Waals surface area contributed by atoms with E-state index in [1.807, 2.05) is 27.7 Å². The van der Waals surface area contributed by atoms with Crippen molar-refractivity contribution in [2.75, 3.05) is 32.7 Å². The molecule has 0 unspecified atom stereocenters. The first-order chi connectivity index (χ1) is 12.8. The standard InChI is InChI=1S/C18H31N5O4.HI/c1-5-19-16(21-9-7-10-23-17(25)27-18(2,3)4)22-12-11-20-15(24)14-8-6-13-26-14;/h6,8,13H,5,7,9-12H2,1-4H3,(H,20,24)(H,23,25)(H2,19,21,22);1H. The third-order valence-corrected chi connectivity index (χ3v) is 3.07. The maximum absolute atomic E-state index is 11.7. The molecule has 1 rings (SSSR count).